The van der Waals surface area contributed by atoms with Crippen LogP contribution in [0.1, 0.15) is 0 Å². The van der Waals surface area contributed by atoms with Crippen LogP contribution in [0, 0.1) is 0 Å². The number of thioether (sulfide) groups is 2. The Morgan fingerprint density at radius 1 is 1.80 bits per heavy atom. The van der Waals surface area contributed by atoms with Crippen LogP contribution in [0.5, 0.6) is 0 Å². The monoisotopic (exact) mass is 190 g/mol. The van der Waals surface area contributed by atoms with E-state index >= 15 is 0 Å². The molecular formula is C5H6N2S3. The molecular weight excluding hydrogens is 184 g/mol. The highest BCUT2D eigenvalue weighted by Gasteiger charge is 2.22. The van der Waals surface area contributed by atoms with Gasteiger partial charge in [-0.2, -0.15) is 11.8 Å². The zero-order valence-electron chi connectivity index (χ0n) is 5.19. The second-order valence-electron chi connectivity index (χ2n) is 1.97. The first-order valence-electron chi connectivity index (χ1n) is 2.96. The summed E-state index contributed by atoms with van der Waals surface area (Å²) in [4.78, 5) is 0. The predicted octanol–water partition coefficient (Wildman–Crippen LogP) is 1.75. The molecule has 5 heteroatoms. The predicted molar refractivity (Wildman–Crippen MR) is 46.9 cm³/mol. The zero-order chi connectivity index (χ0) is 6.81. The molecule has 1 fully saturated rings. The van der Waals surface area contributed by atoms with E-state index in [1.54, 1.807) is 16.8 Å². The fourth-order valence-corrected chi connectivity index (χ4v) is 2.98. The topological polar surface area (TPSA) is 25.8 Å². The van der Waals surface area contributed by atoms with E-state index in [-0.39, 0.29) is 0 Å². The molecule has 0 saturated carbocycles. The highest BCUT2D eigenvalue weighted by Crippen LogP contribution is 2.35. The Morgan fingerprint density at radius 3 is 3.30 bits per heavy atom. The molecule has 0 aliphatic carbocycles. The van der Waals surface area contributed by atoms with Crippen LogP contribution in [0.2, 0.25) is 0 Å². The molecule has 1 aliphatic heterocycles. The number of nitrogens with zero attached hydrogens (tertiary/aromatic N) is 2. The van der Waals surface area contributed by atoms with Crippen molar-refractivity contribution in [1.29, 1.82) is 0 Å². The zero-order valence-corrected chi connectivity index (χ0v) is 7.64. The fraction of sp³-hybridized carbons (Fsp3) is 0.600. The first kappa shape index (κ1) is 6.94. The van der Waals surface area contributed by atoms with E-state index in [0.717, 1.165) is 9.59 Å². The van der Waals surface area contributed by atoms with Crippen molar-refractivity contribution in [3.8, 4) is 0 Å². The standard InChI is InChI=1S/C5H6N2S3/c1-4(8-1)2-9-5-7-6-3-10-5/h3-4H,1-2H2. The lowest BCUT2D eigenvalue weighted by molar-refractivity contribution is 1.01. The molecule has 0 aromatic carbocycles. The third-order valence-corrected chi connectivity index (χ3v) is 4.34. The number of hydrogen-bond acceptors (Lipinski definition) is 5. The molecule has 0 bridgehead atoms. The fourth-order valence-electron chi connectivity index (χ4n) is 0.554. The normalized spacial score (nSPS) is 23.0. The Morgan fingerprint density at radius 2 is 2.70 bits per heavy atom. The van der Waals surface area contributed by atoms with Gasteiger partial charge >= 0.3 is 0 Å². The molecule has 1 aromatic heterocycles. The summed E-state index contributed by atoms with van der Waals surface area (Å²) in [5.41, 5.74) is 1.78. The van der Waals surface area contributed by atoms with Gasteiger partial charge in [-0.25, -0.2) is 0 Å². The molecule has 0 radical (unpaired) electrons. The molecule has 2 rings (SSSR count). The van der Waals surface area contributed by atoms with E-state index in [4.69, 9.17) is 0 Å². The molecule has 1 aliphatic rings. The van der Waals surface area contributed by atoms with Crippen molar-refractivity contribution < 1.29 is 0 Å². The van der Waals surface area contributed by atoms with Crippen LogP contribution in [0.25, 0.3) is 0 Å². The maximum Gasteiger partial charge on any atom is 0.174 e. The van der Waals surface area contributed by atoms with Gasteiger partial charge in [0.15, 0.2) is 4.34 Å². The van der Waals surface area contributed by atoms with Crippen molar-refractivity contribution in [2.24, 2.45) is 0 Å². The molecule has 54 valence electrons. The second-order valence-corrected chi connectivity index (χ2v) is 5.40. The Kier molecular flexibility index (Phi) is 2.16. The van der Waals surface area contributed by atoms with E-state index in [9.17, 15) is 0 Å². The van der Waals surface area contributed by atoms with Gasteiger partial charge in [-0.05, 0) is 0 Å². The quantitative estimate of drug-likeness (QED) is 0.535. The highest BCUT2D eigenvalue weighted by molar-refractivity contribution is 8.09. The first-order valence-corrected chi connectivity index (χ1v) is 5.87. The summed E-state index contributed by atoms with van der Waals surface area (Å²) in [7, 11) is 0. The van der Waals surface area contributed by atoms with Crippen molar-refractivity contribution >= 4 is 34.9 Å². The van der Waals surface area contributed by atoms with Crippen LogP contribution in [0.3, 0.4) is 0 Å². The van der Waals surface area contributed by atoms with Crippen LogP contribution >= 0.6 is 34.9 Å². The van der Waals surface area contributed by atoms with Gasteiger partial charge in [-0.15, -0.1) is 10.2 Å². The molecule has 2 heterocycles. The molecule has 10 heavy (non-hydrogen) atoms. The van der Waals surface area contributed by atoms with Gasteiger partial charge in [-0.3, -0.25) is 0 Å². The third kappa shape index (κ3) is 1.87. The third-order valence-electron chi connectivity index (χ3n) is 1.14. The lowest BCUT2D eigenvalue weighted by atomic mass is 10.6. The van der Waals surface area contributed by atoms with Crippen LogP contribution in [0.4, 0.5) is 0 Å². The summed E-state index contributed by atoms with van der Waals surface area (Å²) >= 11 is 5.47. The Balaban J connectivity index is 1.79. The summed E-state index contributed by atoms with van der Waals surface area (Å²) in [6, 6.07) is 0. The first-order chi connectivity index (χ1) is 4.95. The number of aromatic nitrogens is 2. The smallest absolute Gasteiger partial charge is 0.156 e. The maximum absolute atomic E-state index is 3.94. The van der Waals surface area contributed by atoms with Gasteiger partial charge in [0.05, 0.1) is 0 Å². The largest absolute Gasteiger partial charge is 0.174 e. The van der Waals surface area contributed by atoms with Crippen molar-refractivity contribution in [2.75, 3.05) is 11.5 Å². The highest BCUT2D eigenvalue weighted by atomic mass is 32.2. The summed E-state index contributed by atoms with van der Waals surface area (Å²) in [6.07, 6.45) is 0. The second kappa shape index (κ2) is 3.11. The van der Waals surface area contributed by atoms with E-state index < -0.39 is 0 Å². The lowest BCUT2D eigenvalue weighted by Gasteiger charge is -1.88. The molecule has 2 nitrogen and oxygen atoms in total. The van der Waals surface area contributed by atoms with Crippen molar-refractivity contribution in [1.82, 2.24) is 10.2 Å². The molecule has 1 atom stereocenters. The van der Waals surface area contributed by atoms with Gasteiger partial charge in [0.25, 0.3) is 0 Å². The molecule has 1 unspecified atom stereocenters. The Hall–Kier alpha value is 0.260. The van der Waals surface area contributed by atoms with Crippen LogP contribution in [0.15, 0.2) is 9.85 Å². The average molecular weight is 190 g/mol. The molecule has 1 aromatic rings. The van der Waals surface area contributed by atoms with E-state index in [2.05, 4.69) is 10.2 Å². The van der Waals surface area contributed by atoms with E-state index in [1.807, 2.05) is 23.5 Å². The van der Waals surface area contributed by atoms with Crippen molar-refractivity contribution in [3.63, 3.8) is 0 Å². The summed E-state index contributed by atoms with van der Waals surface area (Å²) in [6.45, 7) is 0. The lowest BCUT2D eigenvalue weighted by Crippen LogP contribution is -1.85. The van der Waals surface area contributed by atoms with Crippen molar-refractivity contribution in [3.05, 3.63) is 5.51 Å². The van der Waals surface area contributed by atoms with Crippen LogP contribution in [-0.2, 0) is 0 Å². The Bertz CT molecular complexity index is 195. The molecule has 0 N–H and O–H groups in total. The van der Waals surface area contributed by atoms with Crippen LogP contribution in [-0.4, -0.2) is 27.0 Å². The summed E-state index contributed by atoms with van der Waals surface area (Å²) in [5.74, 6) is 2.55. The maximum atomic E-state index is 3.94. The minimum Gasteiger partial charge on any atom is -0.156 e. The van der Waals surface area contributed by atoms with Gasteiger partial charge < -0.3 is 0 Å². The van der Waals surface area contributed by atoms with E-state index in [1.165, 1.54) is 11.5 Å². The van der Waals surface area contributed by atoms with Crippen LogP contribution < -0.4 is 0 Å². The van der Waals surface area contributed by atoms with E-state index in [0.29, 0.717) is 0 Å². The number of rotatable bonds is 3. The SMILES string of the molecule is c1nnc(SCC2CS2)s1. The van der Waals surface area contributed by atoms with Gasteiger partial charge in [0, 0.05) is 16.8 Å². The van der Waals surface area contributed by atoms with Gasteiger partial charge in [-0.1, -0.05) is 23.1 Å². The van der Waals surface area contributed by atoms with Gasteiger partial charge in [0.1, 0.15) is 5.51 Å². The average Bonchev–Trinajstić information content (AvgIpc) is 2.63. The Labute approximate surface area is 71.8 Å². The minimum absolute atomic E-state index is 0.897. The molecule has 0 spiro atoms. The van der Waals surface area contributed by atoms with Gasteiger partial charge in [0.2, 0.25) is 0 Å². The summed E-state index contributed by atoms with van der Waals surface area (Å²) in [5, 5.41) is 8.60. The summed E-state index contributed by atoms with van der Waals surface area (Å²) < 4.78 is 1.10. The number of hydrogen-bond donors (Lipinski definition) is 0. The molecule has 0 amide bonds. The van der Waals surface area contributed by atoms with Crippen molar-refractivity contribution in [2.45, 2.75) is 9.59 Å². The molecule has 1 saturated heterocycles. The minimum atomic E-state index is 0.897.